The number of aliphatic hydroxyl groups is 1. The lowest BCUT2D eigenvalue weighted by atomic mass is 10.1. The van der Waals surface area contributed by atoms with Gasteiger partial charge in [-0.1, -0.05) is 15.9 Å². The topological polar surface area (TPSA) is 20.2 Å². The van der Waals surface area contributed by atoms with E-state index in [1.165, 1.54) is 12.1 Å². The molecule has 0 radical (unpaired) electrons. The molecule has 0 aliphatic carbocycles. The molecule has 0 aliphatic rings. The number of alkyl halides is 1. The highest BCUT2D eigenvalue weighted by atomic mass is 79.9. The van der Waals surface area contributed by atoms with Crippen LogP contribution in [0.15, 0.2) is 22.7 Å². The Balaban J connectivity index is 3.00. The average molecular weight is 237 g/mol. The molecular weight excluding hydrogens is 230 g/mol. The monoisotopic (exact) mass is 236 g/mol. The van der Waals surface area contributed by atoms with Crippen LogP contribution in [0.2, 0.25) is 0 Å². The van der Waals surface area contributed by atoms with Gasteiger partial charge in [0.2, 0.25) is 0 Å². The number of hydrogen-bond donors (Lipinski definition) is 1. The van der Waals surface area contributed by atoms with E-state index in [9.17, 15) is 8.78 Å². The number of aliphatic hydroxyl groups excluding tert-OH is 1. The van der Waals surface area contributed by atoms with Gasteiger partial charge in [-0.2, -0.15) is 0 Å². The molecule has 1 N–H and O–H groups in total. The summed E-state index contributed by atoms with van der Waals surface area (Å²) >= 11 is 3.02. The van der Waals surface area contributed by atoms with Crippen molar-refractivity contribution < 1.29 is 13.9 Å². The van der Waals surface area contributed by atoms with E-state index in [2.05, 4.69) is 15.9 Å². The number of halogens is 3. The number of rotatable bonds is 2. The molecule has 0 fully saturated rings. The summed E-state index contributed by atoms with van der Waals surface area (Å²) in [5.74, 6) is -0.518. The molecule has 1 nitrogen and oxygen atoms in total. The minimum Gasteiger partial charge on any atom is -0.393 e. The highest BCUT2D eigenvalue weighted by molar-refractivity contribution is 9.10. The third kappa shape index (κ3) is 2.25. The third-order valence-corrected chi connectivity index (χ3v) is 1.86. The van der Waals surface area contributed by atoms with Crippen LogP contribution in [-0.2, 0) is 0 Å². The number of hydrogen-bond acceptors (Lipinski definition) is 1. The van der Waals surface area contributed by atoms with Crippen LogP contribution in [0.4, 0.5) is 8.78 Å². The van der Waals surface area contributed by atoms with Crippen molar-refractivity contribution in [2.45, 2.75) is 6.17 Å². The molecule has 0 saturated heterocycles. The molecule has 12 heavy (non-hydrogen) atoms. The van der Waals surface area contributed by atoms with Gasteiger partial charge in [-0.05, 0) is 23.8 Å². The second-order valence-electron chi connectivity index (χ2n) is 2.35. The molecule has 0 bridgehead atoms. The Bertz CT molecular complexity index is 258. The summed E-state index contributed by atoms with van der Waals surface area (Å²) in [5, 5.41) is 8.46. The van der Waals surface area contributed by atoms with Gasteiger partial charge in [0.05, 0.1) is 6.61 Å². The van der Waals surface area contributed by atoms with Crippen LogP contribution in [-0.4, -0.2) is 11.7 Å². The Morgan fingerprint density at radius 2 is 2.08 bits per heavy atom. The molecule has 4 heteroatoms. The van der Waals surface area contributed by atoms with Gasteiger partial charge in [-0.25, -0.2) is 8.78 Å². The molecular formula is C8H7BrF2O. The summed E-state index contributed by atoms with van der Waals surface area (Å²) in [5.41, 5.74) is 0.143. The molecule has 1 aromatic carbocycles. The van der Waals surface area contributed by atoms with Gasteiger partial charge < -0.3 is 5.11 Å². The summed E-state index contributed by atoms with van der Waals surface area (Å²) in [6.07, 6.45) is -1.52. The van der Waals surface area contributed by atoms with Gasteiger partial charge in [0.1, 0.15) is 12.0 Å². The van der Waals surface area contributed by atoms with E-state index in [0.29, 0.717) is 4.47 Å². The second-order valence-corrected chi connectivity index (χ2v) is 3.27. The molecule has 66 valence electrons. The van der Waals surface area contributed by atoms with E-state index >= 15 is 0 Å². The number of benzene rings is 1. The smallest absolute Gasteiger partial charge is 0.148 e. The van der Waals surface area contributed by atoms with Crippen molar-refractivity contribution >= 4 is 15.9 Å². The zero-order valence-corrected chi connectivity index (χ0v) is 7.68. The van der Waals surface area contributed by atoms with Gasteiger partial charge in [0, 0.05) is 4.47 Å². The Hall–Kier alpha value is -0.480. The molecule has 0 aliphatic heterocycles. The normalized spacial score (nSPS) is 13.0. The molecule has 0 aromatic heterocycles. The standard InChI is InChI=1S/C8H7BrF2O/c9-6-1-5(8(11)4-12)2-7(10)3-6/h1-3,8,12H,4H2. The highest BCUT2D eigenvalue weighted by Gasteiger charge is 2.09. The maximum Gasteiger partial charge on any atom is 0.148 e. The lowest BCUT2D eigenvalue weighted by Gasteiger charge is -2.04. The molecule has 1 unspecified atom stereocenters. The lowest BCUT2D eigenvalue weighted by molar-refractivity contribution is 0.179. The van der Waals surface area contributed by atoms with E-state index in [1.807, 2.05) is 0 Å². The van der Waals surface area contributed by atoms with Gasteiger partial charge >= 0.3 is 0 Å². The first-order valence-corrected chi connectivity index (χ1v) is 4.13. The van der Waals surface area contributed by atoms with Crippen molar-refractivity contribution in [1.29, 1.82) is 0 Å². The largest absolute Gasteiger partial charge is 0.393 e. The Morgan fingerprint density at radius 1 is 1.42 bits per heavy atom. The van der Waals surface area contributed by atoms with Crippen molar-refractivity contribution in [3.8, 4) is 0 Å². The lowest BCUT2D eigenvalue weighted by Crippen LogP contribution is -1.97. The highest BCUT2D eigenvalue weighted by Crippen LogP contribution is 2.22. The summed E-state index contributed by atoms with van der Waals surface area (Å²) in [4.78, 5) is 0. The minimum atomic E-state index is -1.52. The van der Waals surface area contributed by atoms with E-state index < -0.39 is 18.6 Å². The van der Waals surface area contributed by atoms with Gasteiger partial charge in [-0.15, -0.1) is 0 Å². The Labute approximate surface area is 77.2 Å². The second kappa shape index (κ2) is 3.96. The van der Waals surface area contributed by atoms with Gasteiger partial charge in [0.15, 0.2) is 0 Å². The summed E-state index contributed by atoms with van der Waals surface area (Å²) in [7, 11) is 0. The first-order chi connectivity index (χ1) is 5.63. The summed E-state index contributed by atoms with van der Waals surface area (Å²) in [6, 6.07) is 3.73. The minimum absolute atomic E-state index is 0.143. The van der Waals surface area contributed by atoms with E-state index in [-0.39, 0.29) is 5.56 Å². The maximum absolute atomic E-state index is 12.8. The van der Waals surface area contributed by atoms with Crippen molar-refractivity contribution in [3.05, 3.63) is 34.1 Å². The van der Waals surface area contributed by atoms with E-state index in [0.717, 1.165) is 6.07 Å². The van der Waals surface area contributed by atoms with Crippen molar-refractivity contribution in [1.82, 2.24) is 0 Å². The van der Waals surface area contributed by atoms with Gasteiger partial charge in [0.25, 0.3) is 0 Å². The fourth-order valence-electron chi connectivity index (χ4n) is 0.861. The molecule has 0 spiro atoms. The average Bonchev–Trinajstić information content (AvgIpc) is 2.01. The SMILES string of the molecule is OCC(F)c1cc(F)cc(Br)c1. The van der Waals surface area contributed by atoms with Crippen LogP contribution < -0.4 is 0 Å². The van der Waals surface area contributed by atoms with Crippen molar-refractivity contribution in [3.63, 3.8) is 0 Å². The zero-order valence-electron chi connectivity index (χ0n) is 6.10. The van der Waals surface area contributed by atoms with Crippen LogP contribution in [0.3, 0.4) is 0 Å². The molecule has 0 amide bonds. The zero-order chi connectivity index (χ0) is 9.14. The van der Waals surface area contributed by atoms with Crippen LogP contribution in [0.5, 0.6) is 0 Å². The van der Waals surface area contributed by atoms with Crippen LogP contribution in [0.1, 0.15) is 11.7 Å². The Kier molecular flexibility index (Phi) is 3.17. The molecule has 1 aromatic rings. The van der Waals surface area contributed by atoms with Crippen LogP contribution in [0.25, 0.3) is 0 Å². The fourth-order valence-corrected chi connectivity index (χ4v) is 1.34. The first kappa shape index (κ1) is 9.61. The Morgan fingerprint density at radius 3 is 2.58 bits per heavy atom. The van der Waals surface area contributed by atoms with Gasteiger partial charge in [-0.3, -0.25) is 0 Å². The van der Waals surface area contributed by atoms with Crippen LogP contribution in [0, 0.1) is 5.82 Å². The quantitative estimate of drug-likeness (QED) is 0.838. The van der Waals surface area contributed by atoms with Crippen LogP contribution >= 0.6 is 15.9 Å². The van der Waals surface area contributed by atoms with E-state index in [4.69, 9.17) is 5.11 Å². The predicted molar refractivity (Wildman–Crippen MR) is 45.0 cm³/mol. The third-order valence-electron chi connectivity index (χ3n) is 1.41. The maximum atomic E-state index is 12.8. The van der Waals surface area contributed by atoms with E-state index in [1.54, 1.807) is 0 Å². The molecule has 1 atom stereocenters. The first-order valence-electron chi connectivity index (χ1n) is 3.34. The molecule has 0 heterocycles. The summed E-state index contributed by atoms with van der Waals surface area (Å²) < 4.78 is 25.9. The molecule has 0 saturated carbocycles. The van der Waals surface area contributed by atoms with Crippen molar-refractivity contribution in [2.24, 2.45) is 0 Å². The molecule has 1 rings (SSSR count). The summed E-state index contributed by atoms with van der Waals surface area (Å²) in [6.45, 7) is -0.629. The predicted octanol–water partition coefficient (Wildman–Crippen LogP) is 2.59. The van der Waals surface area contributed by atoms with Crippen molar-refractivity contribution in [2.75, 3.05) is 6.61 Å². The fraction of sp³-hybridized carbons (Fsp3) is 0.250.